The SMILES string of the molecule is COc1cc(N2C=C(Nc3cc(C4CC4)[nH]n3)[N+]3C=CN=C3C2)ccn1. The van der Waals surface area contributed by atoms with Crippen molar-refractivity contribution in [3.05, 3.63) is 54.5 Å². The lowest BCUT2D eigenvalue weighted by molar-refractivity contribution is 0.398. The third kappa shape index (κ3) is 2.74. The lowest BCUT2D eigenvalue weighted by Crippen LogP contribution is -2.45. The zero-order chi connectivity index (χ0) is 17.5. The first-order chi connectivity index (χ1) is 12.8. The second kappa shape index (κ2) is 5.99. The molecular weight excluding hydrogens is 330 g/mol. The van der Waals surface area contributed by atoms with Crippen molar-refractivity contribution >= 4 is 17.3 Å². The van der Waals surface area contributed by atoms with E-state index in [1.54, 1.807) is 13.3 Å². The van der Waals surface area contributed by atoms with Gasteiger partial charge in [0.1, 0.15) is 6.54 Å². The predicted molar refractivity (Wildman–Crippen MR) is 99.1 cm³/mol. The van der Waals surface area contributed by atoms with Crippen molar-refractivity contribution in [3.8, 4) is 5.88 Å². The molecule has 3 aliphatic rings. The highest BCUT2D eigenvalue weighted by Crippen LogP contribution is 2.39. The van der Waals surface area contributed by atoms with E-state index in [2.05, 4.69) is 42.7 Å². The fraction of sp³-hybridized carbons (Fsp3) is 0.278. The average molecular weight is 349 g/mol. The number of hydrogen-bond donors (Lipinski definition) is 2. The second-order valence-corrected chi connectivity index (χ2v) is 6.52. The van der Waals surface area contributed by atoms with Crippen LogP contribution in [0, 0.1) is 0 Å². The summed E-state index contributed by atoms with van der Waals surface area (Å²) in [7, 11) is 1.62. The van der Waals surface area contributed by atoms with E-state index < -0.39 is 0 Å². The van der Waals surface area contributed by atoms with E-state index in [4.69, 9.17) is 4.74 Å². The van der Waals surface area contributed by atoms with E-state index in [-0.39, 0.29) is 0 Å². The van der Waals surface area contributed by atoms with Gasteiger partial charge in [0.25, 0.3) is 11.7 Å². The van der Waals surface area contributed by atoms with Crippen LogP contribution in [0.2, 0.25) is 0 Å². The van der Waals surface area contributed by atoms with Crippen LogP contribution in [0.1, 0.15) is 24.5 Å². The third-order valence-corrected chi connectivity index (χ3v) is 4.70. The normalized spacial score (nSPS) is 19.2. The molecule has 1 radical (unpaired) electrons. The van der Waals surface area contributed by atoms with Crippen molar-refractivity contribution in [2.75, 3.05) is 23.9 Å². The number of nitrogens with zero attached hydrogens (tertiary/aromatic N) is 5. The molecular formula is C18H19N7O+. The van der Waals surface area contributed by atoms with Crippen LogP contribution in [0.4, 0.5) is 11.5 Å². The van der Waals surface area contributed by atoms with Crippen molar-refractivity contribution in [1.82, 2.24) is 20.1 Å². The van der Waals surface area contributed by atoms with Crippen LogP contribution in [0.5, 0.6) is 5.88 Å². The minimum atomic E-state index is 0.584. The summed E-state index contributed by atoms with van der Waals surface area (Å²) in [6.07, 6.45) is 10.0. The van der Waals surface area contributed by atoms with Crippen LogP contribution in [0.15, 0.2) is 53.8 Å². The molecule has 1 saturated carbocycles. The van der Waals surface area contributed by atoms with Crippen molar-refractivity contribution in [3.63, 3.8) is 0 Å². The summed E-state index contributed by atoms with van der Waals surface area (Å²) in [6, 6.07) is 5.95. The van der Waals surface area contributed by atoms with Gasteiger partial charge in [-0.3, -0.25) is 10.4 Å². The van der Waals surface area contributed by atoms with Gasteiger partial charge in [0, 0.05) is 35.6 Å². The van der Waals surface area contributed by atoms with Crippen LogP contribution in [-0.2, 0) is 0 Å². The van der Waals surface area contributed by atoms with Gasteiger partial charge in [-0.1, -0.05) is 0 Å². The van der Waals surface area contributed by atoms with Crippen LogP contribution in [-0.4, -0.2) is 34.7 Å². The number of nitrogens with one attached hydrogen (secondary N) is 2. The molecule has 2 aliphatic heterocycles. The molecule has 2 aromatic heterocycles. The molecule has 0 aromatic carbocycles. The lowest BCUT2D eigenvalue weighted by Gasteiger charge is -2.25. The highest BCUT2D eigenvalue weighted by molar-refractivity contribution is 5.96. The molecule has 0 spiro atoms. The Hall–Kier alpha value is -3.13. The quantitative estimate of drug-likeness (QED) is 0.810. The van der Waals surface area contributed by atoms with Crippen molar-refractivity contribution in [1.29, 1.82) is 0 Å². The number of aromatic nitrogens is 3. The number of aromatic amines is 1. The van der Waals surface area contributed by atoms with Crippen molar-refractivity contribution < 1.29 is 4.74 Å². The molecule has 0 unspecified atom stereocenters. The van der Waals surface area contributed by atoms with E-state index in [1.807, 2.05) is 29.4 Å². The maximum absolute atomic E-state index is 5.24. The number of H-pyrrole nitrogens is 1. The van der Waals surface area contributed by atoms with Gasteiger partial charge in [0.15, 0.2) is 12.0 Å². The molecule has 0 saturated heterocycles. The summed E-state index contributed by atoms with van der Waals surface area (Å²) >= 11 is 0. The maximum Gasteiger partial charge on any atom is 0.284 e. The number of amidine groups is 1. The Balaban J connectivity index is 1.45. The number of aliphatic imine (C=N–C) groups is 1. The van der Waals surface area contributed by atoms with E-state index in [0.717, 1.165) is 23.2 Å². The third-order valence-electron chi connectivity index (χ3n) is 4.70. The maximum atomic E-state index is 5.24. The summed E-state index contributed by atoms with van der Waals surface area (Å²) < 4.78 is 5.24. The zero-order valence-corrected chi connectivity index (χ0v) is 14.4. The predicted octanol–water partition coefficient (Wildman–Crippen LogP) is 2.45. The minimum Gasteiger partial charge on any atom is -0.481 e. The highest BCUT2D eigenvalue weighted by Gasteiger charge is 2.38. The fourth-order valence-corrected chi connectivity index (χ4v) is 3.16. The van der Waals surface area contributed by atoms with Gasteiger partial charge in [-0.05, 0) is 23.8 Å². The smallest absolute Gasteiger partial charge is 0.284 e. The van der Waals surface area contributed by atoms with E-state index in [1.165, 1.54) is 18.5 Å². The molecule has 131 valence electrons. The first-order valence-corrected chi connectivity index (χ1v) is 8.63. The standard InChI is InChI=1S/C18H19N7O/c1-26-18-8-13(4-5-20-18)24-10-16-19-6-7-25(16)17(11-24)21-15-9-14(22-23-15)12-2-3-12/h4-9,11-12H,2-3,10H2,1H3,(H2,21,22,23)/q+1. The lowest BCUT2D eigenvalue weighted by atomic mass is 10.3. The number of pyridine rings is 1. The monoisotopic (exact) mass is 349 g/mol. The van der Waals surface area contributed by atoms with Gasteiger partial charge in [0.2, 0.25) is 5.88 Å². The van der Waals surface area contributed by atoms with Crippen LogP contribution < -0.4 is 19.9 Å². The molecule has 8 heteroatoms. The summed E-state index contributed by atoms with van der Waals surface area (Å²) in [6.45, 7) is 0.666. The first-order valence-electron chi connectivity index (χ1n) is 8.63. The van der Waals surface area contributed by atoms with Gasteiger partial charge in [-0.25, -0.2) is 4.98 Å². The van der Waals surface area contributed by atoms with Crippen LogP contribution in [0.25, 0.3) is 0 Å². The Morgan fingerprint density at radius 2 is 2.27 bits per heavy atom. The summed E-state index contributed by atoms with van der Waals surface area (Å²) in [5.41, 5.74) is 2.19. The number of rotatable bonds is 5. The first kappa shape index (κ1) is 15.2. The molecule has 4 heterocycles. The fourth-order valence-electron chi connectivity index (χ4n) is 3.16. The topological polar surface area (TPSA) is 84.3 Å². The molecule has 2 N–H and O–H groups in total. The molecule has 26 heavy (non-hydrogen) atoms. The Labute approximate surface area is 150 Å². The summed E-state index contributed by atoms with van der Waals surface area (Å²) in [5, 5.41) is 10.9. The van der Waals surface area contributed by atoms with Crippen molar-refractivity contribution in [2.45, 2.75) is 18.8 Å². The molecule has 2 aromatic rings. The largest absolute Gasteiger partial charge is 0.481 e. The number of fused-ring (bicyclic) bond motifs is 1. The molecule has 1 aliphatic carbocycles. The summed E-state index contributed by atoms with van der Waals surface area (Å²) in [5.74, 6) is 3.88. The number of ether oxygens (including phenoxy) is 1. The Bertz CT molecular complexity index is 925. The average Bonchev–Trinajstić information content (AvgIpc) is 3.23. The Kier molecular flexibility index (Phi) is 3.49. The molecule has 0 atom stereocenters. The van der Waals surface area contributed by atoms with Gasteiger partial charge >= 0.3 is 0 Å². The Morgan fingerprint density at radius 1 is 1.35 bits per heavy atom. The molecule has 1 fully saturated rings. The number of methoxy groups -OCH3 is 1. The van der Waals surface area contributed by atoms with E-state index >= 15 is 0 Å². The minimum absolute atomic E-state index is 0.584. The second-order valence-electron chi connectivity index (χ2n) is 6.52. The highest BCUT2D eigenvalue weighted by atomic mass is 16.5. The molecule has 5 rings (SSSR count). The number of hydrogen-bond acceptors (Lipinski definition) is 7. The van der Waals surface area contributed by atoms with Crippen molar-refractivity contribution in [2.24, 2.45) is 4.99 Å². The molecule has 8 nitrogen and oxygen atoms in total. The zero-order valence-electron chi connectivity index (χ0n) is 14.4. The Morgan fingerprint density at radius 3 is 3.12 bits per heavy atom. The van der Waals surface area contributed by atoms with E-state index in [0.29, 0.717) is 18.3 Å². The van der Waals surface area contributed by atoms with Crippen LogP contribution >= 0.6 is 0 Å². The summed E-state index contributed by atoms with van der Waals surface area (Å²) in [4.78, 5) is 12.8. The van der Waals surface area contributed by atoms with E-state index in [9.17, 15) is 0 Å². The van der Waals surface area contributed by atoms with Gasteiger partial charge in [-0.15, -0.1) is 0 Å². The van der Waals surface area contributed by atoms with Gasteiger partial charge in [0.05, 0.1) is 19.5 Å². The van der Waals surface area contributed by atoms with Gasteiger partial charge in [-0.2, -0.15) is 10.1 Å². The molecule has 0 amide bonds. The van der Waals surface area contributed by atoms with Gasteiger partial charge < -0.3 is 9.64 Å². The number of anilines is 2. The van der Waals surface area contributed by atoms with Crippen LogP contribution in [0.3, 0.4) is 0 Å². The molecule has 0 bridgehead atoms.